The maximum absolute atomic E-state index is 3.75. The molecular formula is C10H20ClN. The van der Waals surface area contributed by atoms with Crippen LogP contribution in [0.3, 0.4) is 0 Å². The molecule has 2 heteroatoms. The second-order valence-electron chi connectivity index (χ2n) is 3.82. The highest BCUT2D eigenvalue weighted by Gasteiger charge is 2.19. The van der Waals surface area contributed by atoms with E-state index >= 15 is 0 Å². The van der Waals surface area contributed by atoms with E-state index in [0.29, 0.717) is 6.04 Å². The number of nitrogens with zero attached hydrogens (tertiary/aromatic N) is 1. The Morgan fingerprint density at radius 3 is 1.58 bits per heavy atom. The molecule has 0 aromatic carbocycles. The first-order valence-corrected chi connectivity index (χ1v) is 4.05. The van der Waals surface area contributed by atoms with Crippen LogP contribution in [0.4, 0.5) is 0 Å². The molecule has 0 aliphatic heterocycles. The Morgan fingerprint density at radius 2 is 1.42 bits per heavy atom. The van der Waals surface area contributed by atoms with Crippen LogP contribution < -0.4 is 12.4 Å². The first kappa shape index (κ1) is 14.3. The number of hydrogen-bond acceptors (Lipinski definition) is 0. The van der Waals surface area contributed by atoms with E-state index in [2.05, 4.69) is 34.3 Å². The van der Waals surface area contributed by atoms with E-state index in [4.69, 9.17) is 0 Å². The van der Waals surface area contributed by atoms with Crippen molar-refractivity contribution in [2.75, 3.05) is 21.1 Å². The fraction of sp³-hybridized carbons (Fsp3) is 0.600. The molecule has 0 saturated heterocycles. The first-order chi connectivity index (χ1) is 5.02. The maximum Gasteiger partial charge on any atom is 0.0953 e. The molecule has 12 heavy (non-hydrogen) atoms. The van der Waals surface area contributed by atoms with Gasteiger partial charge >= 0.3 is 0 Å². The Kier molecular flexibility index (Phi) is 7.45. The summed E-state index contributed by atoms with van der Waals surface area (Å²) < 4.78 is 0.984. The van der Waals surface area contributed by atoms with Gasteiger partial charge in [0, 0.05) is 12.8 Å². The molecular weight excluding hydrogens is 170 g/mol. The van der Waals surface area contributed by atoms with E-state index < -0.39 is 0 Å². The summed E-state index contributed by atoms with van der Waals surface area (Å²) in [7, 11) is 6.62. The molecule has 0 spiro atoms. The van der Waals surface area contributed by atoms with Gasteiger partial charge in [0.1, 0.15) is 0 Å². The molecule has 0 radical (unpaired) electrons. The minimum Gasteiger partial charge on any atom is -1.00 e. The predicted molar refractivity (Wildman–Crippen MR) is 51.4 cm³/mol. The van der Waals surface area contributed by atoms with Gasteiger partial charge in [-0.25, -0.2) is 0 Å². The number of rotatable bonds is 5. The maximum atomic E-state index is 3.75. The molecule has 0 saturated carbocycles. The molecule has 0 N–H and O–H groups in total. The van der Waals surface area contributed by atoms with Crippen LogP contribution in [0, 0.1) is 0 Å². The average molecular weight is 190 g/mol. The van der Waals surface area contributed by atoms with Gasteiger partial charge in [0.05, 0.1) is 27.2 Å². The molecule has 72 valence electrons. The Balaban J connectivity index is 0. The summed E-state index contributed by atoms with van der Waals surface area (Å²) in [5.74, 6) is 0. The van der Waals surface area contributed by atoms with Crippen LogP contribution >= 0.6 is 0 Å². The fourth-order valence-electron chi connectivity index (χ4n) is 1.11. The van der Waals surface area contributed by atoms with Crippen LogP contribution in [0.25, 0.3) is 0 Å². The van der Waals surface area contributed by atoms with Crippen molar-refractivity contribution in [2.24, 2.45) is 0 Å². The highest BCUT2D eigenvalue weighted by Crippen LogP contribution is 2.12. The second kappa shape index (κ2) is 6.27. The van der Waals surface area contributed by atoms with Crippen molar-refractivity contribution in [2.45, 2.75) is 18.9 Å². The van der Waals surface area contributed by atoms with Crippen molar-refractivity contribution in [3.8, 4) is 0 Å². The van der Waals surface area contributed by atoms with Crippen LogP contribution in [0.2, 0.25) is 0 Å². The van der Waals surface area contributed by atoms with Gasteiger partial charge in [-0.05, 0) is 0 Å². The van der Waals surface area contributed by atoms with Gasteiger partial charge in [0.15, 0.2) is 0 Å². The third kappa shape index (κ3) is 5.39. The second-order valence-corrected chi connectivity index (χ2v) is 3.82. The van der Waals surface area contributed by atoms with Crippen molar-refractivity contribution in [1.29, 1.82) is 0 Å². The van der Waals surface area contributed by atoms with Crippen LogP contribution in [-0.4, -0.2) is 31.7 Å². The summed E-state index contributed by atoms with van der Waals surface area (Å²) in [6.07, 6.45) is 6.10. The van der Waals surface area contributed by atoms with E-state index in [9.17, 15) is 0 Å². The zero-order valence-electron chi connectivity index (χ0n) is 8.39. The standard InChI is InChI=1S/C10H20N.ClH/c1-6-8-10(9-7-2)11(3,4)5;/h6-7,10H,1-2,8-9H2,3-5H3;1H/q+1;/p-1. The van der Waals surface area contributed by atoms with E-state index in [1.807, 2.05) is 12.2 Å². The van der Waals surface area contributed by atoms with Gasteiger partial charge in [0.25, 0.3) is 0 Å². The third-order valence-corrected chi connectivity index (χ3v) is 1.97. The largest absolute Gasteiger partial charge is 1.00 e. The summed E-state index contributed by atoms with van der Waals surface area (Å²) in [6, 6.07) is 0.630. The quantitative estimate of drug-likeness (QED) is 0.393. The molecule has 0 fully saturated rings. The van der Waals surface area contributed by atoms with Crippen molar-refractivity contribution >= 4 is 0 Å². The number of quaternary nitrogens is 1. The third-order valence-electron chi connectivity index (χ3n) is 1.97. The van der Waals surface area contributed by atoms with Gasteiger partial charge in [-0.3, -0.25) is 0 Å². The summed E-state index contributed by atoms with van der Waals surface area (Å²) in [5.41, 5.74) is 0. The normalized spacial score (nSPS) is 10.7. The molecule has 0 aliphatic rings. The van der Waals surface area contributed by atoms with Crippen LogP contribution in [0.1, 0.15) is 12.8 Å². The lowest BCUT2D eigenvalue weighted by Crippen LogP contribution is -3.00. The van der Waals surface area contributed by atoms with Gasteiger partial charge in [-0.15, -0.1) is 13.2 Å². The van der Waals surface area contributed by atoms with Crippen molar-refractivity contribution < 1.29 is 16.9 Å². The highest BCUT2D eigenvalue weighted by molar-refractivity contribution is 4.79. The zero-order chi connectivity index (χ0) is 8.91. The van der Waals surface area contributed by atoms with E-state index in [1.165, 1.54) is 0 Å². The van der Waals surface area contributed by atoms with Gasteiger partial charge in [0.2, 0.25) is 0 Å². The molecule has 0 bridgehead atoms. The molecule has 0 aromatic rings. The lowest BCUT2D eigenvalue weighted by atomic mass is 10.1. The Hall–Kier alpha value is -0.270. The molecule has 0 atom stereocenters. The Bertz CT molecular complexity index is 125. The average Bonchev–Trinajstić information content (AvgIpc) is 1.85. The number of halogens is 1. The highest BCUT2D eigenvalue weighted by atomic mass is 35.5. The minimum atomic E-state index is 0. The zero-order valence-corrected chi connectivity index (χ0v) is 9.14. The van der Waals surface area contributed by atoms with Crippen LogP contribution in [-0.2, 0) is 0 Å². The SMILES string of the molecule is C=CCC(CC=C)[N+](C)(C)C.[Cl-]. The molecule has 0 heterocycles. The summed E-state index contributed by atoms with van der Waals surface area (Å²) in [6.45, 7) is 7.50. The smallest absolute Gasteiger partial charge is 0.0953 e. The monoisotopic (exact) mass is 189 g/mol. The fourth-order valence-corrected chi connectivity index (χ4v) is 1.11. The minimum absolute atomic E-state index is 0. The molecule has 1 nitrogen and oxygen atoms in total. The van der Waals surface area contributed by atoms with E-state index in [1.54, 1.807) is 0 Å². The van der Waals surface area contributed by atoms with E-state index in [0.717, 1.165) is 17.3 Å². The topological polar surface area (TPSA) is 0 Å². The number of hydrogen-bond donors (Lipinski definition) is 0. The molecule has 0 amide bonds. The first-order valence-electron chi connectivity index (χ1n) is 4.05. The summed E-state index contributed by atoms with van der Waals surface area (Å²) in [5, 5.41) is 0. The molecule has 0 unspecified atom stereocenters. The Morgan fingerprint density at radius 1 is 1.08 bits per heavy atom. The molecule has 0 rings (SSSR count). The van der Waals surface area contributed by atoms with Crippen molar-refractivity contribution in [3.63, 3.8) is 0 Å². The van der Waals surface area contributed by atoms with Crippen molar-refractivity contribution in [1.82, 2.24) is 0 Å². The van der Waals surface area contributed by atoms with Gasteiger partial charge in [-0.1, -0.05) is 12.2 Å². The Labute approximate surface area is 82.8 Å². The lowest BCUT2D eigenvalue weighted by molar-refractivity contribution is -0.895. The summed E-state index contributed by atoms with van der Waals surface area (Å²) in [4.78, 5) is 0. The lowest BCUT2D eigenvalue weighted by Gasteiger charge is -2.33. The van der Waals surface area contributed by atoms with Gasteiger partial charge < -0.3 is 16.9 Å². The van der Waals surface area contributed by atoms with Gasteiger partial charge in [-0.2, -0.15) is 0 Å². The van der Waals surface area contributed by atoms with Crippen LogP contribution in [0.5, 0.6) is 0 Å². The summed E-state index contributed by atoms with van der Waals surface area (Å²) >= 11 is 0. The predicted octanol–water partition coefficient (Wildman–Crippen LogP) is -0.783. The molecule has 0 aliphatic carbocycles. The van der Waals surface area contributed by atoms with Crippen LogP contribution in [0.15, 0.2) is 25.3 Å². The molecule has 0 aromatic heterocycles. The van der Waals surface area contributed by atoms with Crippen molar-refractivity contribution in [3.05, 3.63) is 25.3 Å². The van der Waals surface area contributed by atoms with E-state index in [-0.39, 0.29) is 12.4 Å².